The topological polar surface area (TPSA) is 28.2 Å². The molecule has 3 heteroatoms. The molecule has 2 rings (SSSR count). The highest BCUT2D eigenvalue weighted by atomic mass is 15.1. The van der Waals surface area contributed by atoms with Gasteiger partial charge in [0.15, 0.2) is 0 Å². The smallest absolute Gasteiger partial charge is 0.0562 e. The largest absolute Gasteiger partial charge is 0.372 e. The van der Waals surface area contributed by atoms with Gasteiger partial charge in [0.1, 0.15) is 0 Å². The van der Waals surface area contributed by atoms with Crippen LogP contribution in [0, 0.1) is 5.92 Å². The zero-order valence-corrected chi connectivity index (χ0v) is 12.5. The fourth-order valence-electron chi connectivity index (χ4n) is 3.11. The van der Waals surface area contributed by atoms with Crippen molar-refractivity contribution in [1.82, 2.24) is 10.3 Å². The molecule has 1 aromatic rings. The van der Waals surface area contributed by atoms with Gasteiger partial charge in [0, 0.05) is 31.5 Å². The van der Waals surface area contributed by atoms with Gasteiger partial charge in [-0.15, -0.1) is 0 Å². The molecule has 0 saturated heterocycles. The number of pyridine rings is 1. The molecular weight excluding hydrogens is 234 g/mol. The van der Waals surface area contributed by atoms with Crippen molar-refractivity contribution in [2.75, 3.05) is 19.0 Å². The Morgan fingerprint density at radius 1 is 1.32 bits per heavy atom. The molecule has 106 valence electrons. The lowest BCUT2D eigenvalue weighted by Gasteiger charge is -2.36. The second kappa shape index (κ2) is 6.90. The summed E-state index contributed by atoms with van der Waals surface area (Å²) in [4.78, 5) is 6.84. The summed E-state index contributed by atoms with van der Waals surface area (Å²) in [5.41, 5.74) is 2.43. The highest BCUT2D eigenvalue weighted by molar-refractivity contribution is 5.46. The highest BCUT2D eigenvalue weighted by Gasteiger charge is 2.23. The van der Waals surface area contributed by atoms with Crippen LogP contribution in [0.1, 0.15) is 44.7 Å². The van der Waals surface area contributed by atoms with Gasteiger partial charge in [-0.25, -0.2) is 0 Å². The number of hydrogen-bond acceptors (Lipinski definition) is 3. The predicted molar refractivity (Wildman–Crippen MR) is 81.4 cm³/mol. The van der Waals surface area contributed by atoms with Crippen LogP contribution in [-0.2, 0) is 6.54 Å². The Morgan fingerprint density at radius 2 is 2.05 bits per heavy atom. The van der Waals surface area contributed by atoms with E-state index in [0.717, 1.165) is 18.2 Å². The molecule has 0 bridgehead atoms. The van der Waals surface area contributed by atoms with E-state index in [1.807, 2.05) is 13.2 Å². The van der Waals surface area contributed by atoms with Crippen LogP contribution in [0.2, 0.25) is 0 Å². The molecule has 1 N–H and O–H groups in total. The van der Waals surface area contributed by atoms with Crippen LogP contribution in [0.3, 0.4) is 0 Å². The maximum atomic E-state index is 4.39. The Morgan fingerprint density at radius 3 is 2.68 bits per heavy atom. The molecule has 0 spiro atoms. The van der Waals surface area contributed by atoms with Gasteiger partial charge in [-0.2, -0.15) is 0 Å². The van der Waals surface area contributed by atoms with E-state index in [1.165, 1.54) is 37.8 Å². The van der Waals surface area contributed by atoms with E-state index in [2.05, 4.69) is 41.3 Å². The van der Waals surface area contributed by atoms with Crippen LogP contribution >= 0.6 is 0 Å². The van der Waals surface area contributed by atoms with Gasteiger partial charge in [-0.3, -0.25) is 4.98 Å². The summed E-state index contributed by atoms with van der Waals surface area (Å²) in [6.45, 7) is 3.16. The molecule has 0 radical (unpaired) electrons. The second-order valence-electron chi connectivity index (χ2n) is 5.73. The number of hydrogen-bond donors (Lipinski definition) is 1. The van der Waals surface area contributed by atoms with Gasteiger partial charge < -0.3 is 10.2 Å². The summed E-state index contributed by atoms with van der Waals surface area (Å²) in [5, 5.41) is 3.16. The van der Waals surface area contributed by atoms with E-state index in [1.54, 1.807) is 0 Å². The van der Waals surface area contributed by atoms with Gasteiger partial charge in [0.2, 0.25) is 0 Å². The van der Waals surface area contributed by atoms with Crippen molar-refractivity contribution in [1.29, 1.82) is 0 Å². The van der Waals surface area contributed by atoms with Crippen LogP contribution in [0.15, 0.2) is 18.3 Å². The summed E-state index contributed by atoms with van der Waals surface area (Å²) >= 11 is 0. The SMILES string of the molecule is CCC1CCC(N(C)c2ccnc(CNC)c2)CC1. The summed E-state index contributed by atoms with van der Waals surface area (Å²) < 4.78 is 0. The lowest BCUT2D eigenvalue weighted by Crippen LogP contribution is -2.35. The van der Waals surface area contributed by atoms with Crippen LogP contribution < -0.4 is 10.2 Å². The predicted octanol–water partition coefficient (Wildman–Crippen LogP) is 3.21. The second-order valence-corrected chi connectivity index (χ2v) is 5.73. The third-order valence-electron chi connectivity index (χ3n) is 4.51. The summed E-state index contributed by atoms with van der Waals surface area (Å²) in [7, 11) is 4.19. The lowest BCUT2D eigenvalue weighted by molar-refractivity contribution is 0.313. The van der Waals surface area contributed by atoms with Crippen molar-refractivity contribution in [3.63, 3.8) is 0 Å². The Labute approximate surface area is 117 Å². The minimum absolute atomic E-state index is 0.702. The minimum Gasteiger partial charge on any atom is -0.372 e. The van der Waals surface area contributed by atoms with Gasteiger partial charge in [-0.1, -0.05) is 13.3 Å². The van der Waals surface area contributed by atoms with Crippen LogP contribution in [0.5, 0.6) is 0 Å². The average Bonchev–Trinajstić information content (AvgIpc) is 2.47. The first-order valence-corrected chi connectivity index (χ1v) is 7.57. The monoisotopic (exact) mass is 261 g/mol. The van der Waals surface area contributed by atoms with Crippen molar-refractivity contribution in [3.05, 3.63) is 24.0 Å². The zero-order chi connectivity index (χ0) is 13.7. The molecule has 1 heterocycles. The quantitative estimate of drug-likeness (QED) is 0.882. The van der Waals surface area contributed by atoms with Crippen molar-refractivity contribution < 1.29 is 0 Å². The lowest BCUT2D eigenvalue weighted by atomic mass is 9.84. The summed E-state index contributed by atoms with van der Waals surface area (Å²) in [6, 6.07) is 5.04. The maximum absolute atomic E-state index is 4.39. The van der Waals surface area contributed by atoms with Gasteiger partial charge in [0.25, 0.3) is 0 Å². The Hall–Kier alpha value is -1.09. The standard InChI is InChI=1S/C16H27N3/c1-4-13-5-7-15(8-6-13)19(3)16-9-10-18-14(11-16)12-17-2/h9-11,13,15,17H,4-8,12H2,1-3H3. The third kappa shape index (κ3) is 3.69. The van der Waals surface area contributed by atoms with Crippen LogP contribution in [0.25, 0.3) is 0 Å². The van der Waals surface area contributed by atoms with E-state index in [4.69, 9.17) is 0 Å². The van der Waals surface area contributed by atoms with E-state index < -0.39 is 0 Å². The number of aromatic nitrogens is 1. The first-order valence-electron chi connectivity index (χ1n) is 7.57. The molecule has 1 saturated carbocycles. The molecule has 0 unspecified atom stereocenters. The van der Waals surface area contributed by atoms with Crippen molar-refractivity contribution >= 4 is 5.69 Å². The van der Waals surface area contributed by atoms with E-state index in [-0.39, 0.29) is 0 Å². The van der Waals surface area contributed by atoms with E-state index in [0.29, 0.717) is 6.04 Å². The van der Waals surface area contributed by atoms with Crippen molar-refractivity contribution in [2.45, 2.75) is 51.6 Å². The molecule has 19 heavy (non-hydrogen) atoms. The molecule has 1 aliphatic rings. The molecule has 0 amide bonds. The average molecular weight is 261 g/mol. The van der Waals surface area contributed by atoms with Crippen molar-refractivity contribution in [2.24, 2.45) is 5.92 Å². The molecule has 3 nitrogen and oxygen atoms in total. The van der Waals surface area contributed by atoms with E-state index >= 15 is 0 Å². The number of nitrogens with zero attached hydrogens (tertiary/aromatic N) is 2. The first kappa shape index (κ1) is 14.3. The Balaban J connectivity index is 1.99. The van der Waals surface area contributed by atoms with Gasteiger partial charge >= 0.3 is 0 Å². The number of nitrogens with one attached hydrogen (secondary N) is 1. The fourth-order valence-corrected chi connectivity index (χ4v) is 3.11. The Kier molecular flexibility index (Phi) is 5.20. The normalized spacial score (nSPS) is 23.3. The minimum atomic E-state index is 0.702. The number of rotatable bonds is 5. The molecule has 0 aromatic carbocycles. The first-order chi connectivity index (χ1) is 9.24. The molecule has 1 aromatic heterocycles. The molecule has 0 aliphatic heterocycles. The molecule has 1 fully saturated rings. The van der Waals surface area contributed by atoms with Gasteiger partial charge in [0.05, 0.1) is 5.69 Å². The number of anilines is 1. The van der Waals surface area contributed by atoms with Gasteiger partial charge in [-0.05, 0) is 50.8 Å². The van der Waals surface area contributed by atoms with Crippen LogP contribution in [-0.4, -0.2) is 25.1 Å². The maximum Gasteiger partial charge on any atom is 0.0562 e. The fraction of sp³-hybridized carbons (Fsp3) is 0.688. The highest BCUT2D eigenvalue weighted by Crippen LogP contribution is 2.31. The molecule has 0 atom stereocenters. The van der Waals surface area contributed by atoms with E-state index in [9.17, 15) is 0 Å². The Bertz CT molecular complexity index is 383. The molecule has 1 aliphatic carbocycles. The van der Waals surface area contributed by atoms with Crippen molar-refractivity contribution in [3.8, 4) is 0 Å². The molecular formula is C16H27N3. The zero-order valence-electron chi connectivity index (χ0n) is 12.5. The van der Waals surface area contributed by atoms with Crippen LogP contribution in [0.4, 0.5) is 5.69 Å². The summed E-state index contributed by atoms with van der Waals surface area (Å²) in [6.07, 6.45) is 8.71. The third-order valence-corrected chi connectivity index (χ3v) is 4.51. The summed E-state index contributed by atoms with van der Waals surface area (Å²) in [5.74, 6) is 0.960.